The molecule has 2 aromatic carbocycles. The van der Waals surface area contributed by atoms with E-state index in [0.29, 0.717) is 6.04 Å². The standard InChI is InChI=1S/C23H27N3O/c1-25(15-12-18-6-3-2-4-7-18)21-8-5-14-26(17-21)23(27)20-9-10-22-19(16-20)11-13-24-22/h2-4,6-7,9-11,13,16,21,24H,5,8,12,14-15,17H2,1H3. The Morgan fingerprint density at radius 3 is 2.89 bits per heavy atom. The van der Waals surface area contributed by atoms with Crippen molar-refractivity contribution in [1.29, 1.82) is 0 Å². The van der Waals surface area contributed by atoms with Gasteiger partial charge in [0.2, 0.25) is 0 Å². The van der Waals surface area contributed by atoms with Gasteiger partial charge in [-0.3, -0.25) is 4.79 Å². The van der Waals surface area contributed by atoms with Crippen molar-refractivity contribution in [3.05, 3.63) is 71.9 Å². The molecule has 1 aromatic heterocycles. The molecule has 4 nitrogen and oxygen atoms in total. The largest absolute Gasteiger partial charge is 0.361 e. The van der Waals surface area contributed by atoms with Crippen molar-refractivity contribution in [2.75, 3.05) is 26.7 Å². The summed E-state index contributed by atoms with van der Waals surface area (Å²) < 4.78 is 0. The molecule has 1 fully saturated rings. The van der Waals surface area contributed by atoms with Gasteiger partial charge in [-0.05, 0) is 56.1 Å². The first-order chi connectivity index (χ1) is 13.2. The zero-order valence-electron chi connectivity index (χ0n) is 15.9. The maximum atomic E-state index is 13.0. The van der Waals surface area contributed by atoms with Crippen molar-refractivity contribution < 1.29 is 4.79 Å². The number of aromatic amines is 1. The number of carbonyl (C=O) groups is 1. The molecule has 1 aliphatic rings. The third-order valence-electron chi connectivity index (χ3n) is 5.70. The number of likely N-dealkylation sites (N-methyl/N-ethyl adjacent to an activating group) is 1. The summed E-state index contributed by atoms with van der Waals surface area (Å²) in [5.41, 5.74) is 3.23. The van der Waals surface area contributed by atoms with Gasteiger partial charge in [-0.2, -0.15) is 0 Å². The highest BCUT2D eigenvalue weighted by molar-refractivity contribution is 5.98. The van der Waals surface area contributed by atoms with E-state index in [4.69, 9.17) is 0 Å². The Kier molecular flexibility index (Phi) is 5.26. The molecule has 0 saturated carbocycles. The lowest BCUT2D eigenvalue weighted by Gasteiger charge is -2.37. The van der Waals surface area contributed by atoms with E-state index in [2.05, 4.69) is 47.3 Å². The first-order valence-electron chi connectivity index (χ1n) is 9.81. The molecule has 1 aliphatic heterocycles. The summed E-state index contributed by atoms with van der Waals surface area (Å²) in [5, 5.41) is 1.09. The molecule has 3 aromatic rings. The fourth-order valence-corrected chi connectivity index (χ4v) is 4.00. The topological polar surface area (TPSA) is 39.3 Å². The van der Waals surface area contributed by atoms with Crippen LogP contribution in [0.25, 0.3) is 10.9 Å². The number of rotatable bonds is 5. The van der Waals surface area contributed by atoms with Crippen LogP contribution in [-0.2, 0) is 6.42 Å². The number of carbonyl (C=O) groups excluding carboxylic acids is 1. The van der Waals surface area contributed by atoms with E-state index < -0.39 is 0 Å². The van der Waals surface area contributed by atoms with Gasteiger partial charge in [-0.1, -0.05) is 30.3 Å². The van der Waals surface area contributed by atoms with Gasteiger partial charge in [0.25, 0.3) is 5.91 Å². The van der Waals surface area contributed by atoms with Gasteiger partial charge in [0.05, 0.1) is 0 Å². The molecule has 1 unspecified atom stereocenters. The Morgan fingerprint density at radius 1 is 1.19 bits per heavy atom. The summed E-state index contributed by atoms with van der Waals surface area (Å²) in [7, 11) is 2.19. The number of benzene rings is 2. The minimum absolute atomic E-state index is 0.152. The lowest BCUT2D eigenvalue weighted by molar-refractivity contribution is 0.0612. The highest BCUT2D eigenvalue weighted by Gasteiger charge is 2.26. The van der Waals surface area contributed by atoms with Crippen LogP contribution >= 0.6 is 0 Å². The van der Waals surface area contributed by atoms with Gasteiger partial charge in [0, 0.05) is 48.3 Å². The van der Waals surface area contributed by atoms with Gasteiger partial charge in [0.1, 0.15) is 0 Å². The molecule has 0 bridgehead atoms. The van der Waals surface area contributed by atoms with E-state index in [1.165, 1.54) is 5.56 Å². The summed E-state index contributed by atoms with van der Waals surface area (Å²) in [6.07, 6.45) is 5.19. The van der Waals surface area contributed by atoms with E-state index in [0.717, 1.165) is 55.4 Å². The first-order valence-corrected chi connectivity index (χ1v) is 9.81. The van der Waals surface area contributed by atoms with Gasteiger partial charge in [0.15, 0.2) is 0 Å². The minimum Gasteiger partial charge on any atom is -0.361 e. The van der Waals surface area contributed by atoms with Gasteiger partial charge in [-0.15, -0.1) is 0 Å². The Hall–Kier alpha value is -2.59. The number of piperidine rings is 1. The number of hydrogen-bond acceptors (Lipinski definition) is 2. The molecule has 0 aliphatic carbocycles. The fourth-order valence-electron chi connectivity index (χ4n) is 4.00. The Labute approximate surface area is 160 Å². The third-order valence-corrected chi connectivity index (χ3v) is 5.70. The third kappa shape index (κ3) is 4.06. The highest BCUT2D eigenvalue weighted by atomic mass is 16.2. The molecule has 0 spiro atoms. The number of H-pyrrole nitrogens is 1. The SMILES string of the molecule is CN(CCc1ccccc1)C1CCCN(C(=O)c2ccc3[nH]ccc3c2)C1. The van der Waals surface area contributed by atoms with E-state index >= 15 is 0 Å². The summed E-state index contributed by atoms with van der Waals surface area (Å²) in [5.74, 6) is 0.152. The molecule has 1 amide bonds. The summed E-state index contributed by atoms with van der Waals surface area (Å²) >= 11 is 0. The zero-order chi connectivity index (χ0) is 18.6. The fraction of sp³-hybridized carbons (Fsp3) is 0.348. The van der Waals surface area contributed by atoms with Crippen LogP contribution in [0.5, 0.6) is 0 Å². The van der Waals surface area contributed by atoms with Crippen LogP contribution < -0.4 is 0 Å². The maximum absolute atomic E-state index is 13.0. The number of likely N-dealkylation sites (tertiary alicyclic amines) is 1. The number of amides is 1. The maximum Gasteiger partial charge on any atom is 0.253 e. The second kappa shape index (κ2) is 7.97. The minimum atomic E-state index is 0.152. The summed E-state index contributed by atoms with van der Waals surface area (Å²) in [6.45, 7) is 2.69. The lowest BCUT2D eigenvalue weighted by Crippen LogP contribution is -2.49. The van der Waals surface area contributed by atoms with Crippen molar-refractivity contribution in [2.45, 2.75) is 25.3 Å². The van der Waals surface area contributed by atoms with Crippen molar-refractivity contribution in [1.82, 2.24) is 14.8 Å². The van der Waals surface area contributed by atoms with Crippen molar-refractivity contribution in [3.63, 3.8) is 0 Å². The normalized spacial score (nSPS) is 17.6. The quantitative estimate of drug-likeness (QED) is 0.747. The molecule has 1 saturated heterocycles. The predicted molar refractivity (Wildman–Crippen MR) is 110 cm³/mol. The Balaban J connectivity index is 1.38. The van der Waals surface area contributed by atoms with E-state index in [1.54, 1.807) is 0 Å². The number of hydrogen-bond donors (Lipinski definition) is 1. The van der Waals surface area contributed by atoms with Gasteiger partial charge >= 0.3 is 0 Å². The molecular formula is C23H27N3O. The van der Waals surface area contributed by atoms with E-state index in [1.807, 2.05) is 35.4 Å². The van der Waals surface area contributed by atoms with E-state index in [9.17, 15) is 4.79 Å². The molecule has 0 radical (unpaired) electrons. The van der Waals surface area contributed by atoms with Crippen LogP contribution in [0.2, 0.25) is 0 Å². The Morgan fingerprint density at radius 2 is 2.04 bits per heavy atom. The monoisotopic (exact) mass is 361 g/mol. The Bertz CT molecular complexity index is 902. The van der Waals surface area contributed by atoms with Crippen LogP contribution in [0.4, 0.5) is 0 Å². The lowest BCUT2D eigenvalue weighted by atomic mass is 10.0. The average Bonchev–Trinajstić information content (AvgIpc) is 3.20. The average molecular weight is 361 g/mol. The second-order valence-electron chi connectivity index (χ2n) is 7.54. The van der Waals surface area contributed by atoms with E-state index in [-0.39, 0.29) is 5.91 Å². The number of aromatic nitrogens is 1. The highest BCUT2D eigenvalue weighted by Crippen LogP contribution is 2.20. The molecular weight excluding hydrogens is 334 g/mol. The molecule has 27 heavy (non-hydrogen) atoms. The van der Waals surface area contributed by atoms with Crippen LogP contribution in [0.1, 0.15) is 28.8 Å². The van der Waals surface area contributed by atoms with Crippen LogP contribution in [0.15, 0.2) is 60.8 Å². The van der Waals surface area contributed by atoms with Crippen molar-refractivity contribution >= 4 is 16.8 Å². The number of nitrogens with one attached hydrogen (secondary N) is 1. The number of fused-ring (bicyclic) bond motifs is 1. The zero-order valence-corrected chi connectivity index (χ0v) is 15.9. The number of nitrogens with zero attached hydrogens (tertiary/aromatic N) is 2. The summed E-state index contributed by atoms with van der Waals surface area (Å²) in [6, 6.07) is 19.0. The molecule has 1 N–H and O–H groups in total. The van der Waals surface area contributed by atoms with Gasteiger partial charge in [-0.25, -0.2) is 0 Å². The van der Waals surface area contributed by atoms with Crippen molar-refractivity contribution in [3.8, 4) is 0 Å². The molecule has 2 heterocycles. The van der Waals surface area contributed by atoms with Crippen LogP contribution in [-0.4, -0.2) is 53.4 Å². The smallest absolute Gasteiger partial charge is 0.253 e. The van der Waals surface area contributed by atoms with Crippen molar-refractivity contribution in [2.24, 2.45) is 0 Å². The second-order valence-corrected chi connectivity index (χ2v) is 7.54. The summed E-state index contributed by atoms with van der Waals surface area (Å²) in [4.78, 5) is 20.6. The van der Waals surface area contributed by atoms with Crippen LogP contribution in [0, 0.1) is 0 Å². The molecule has 140 valence electrons. The molecule has 1 atom stereocenters. The molecule has 4 rings (SSSR count). The molecule has 4 heteroatoms. The van der Waals surface area contributed by atoms with Crippen LogP contribution in [0.3, 0.4) is 0 Å². The van der Waals surface area contributed by atoms with Gasteiger partial charge < -0.3 is 14.8 Å². The predicted octanol–water partition coefficient (Wildman–Crippen LogP) is 3.95. The first kappa shape index (κ1) is 17.8.